The van der Waals surface area contributed by atoms with Gasteiger partial charge in [0.05, 0.1) is 0 Å². The van der Waals surface area contributed by atoms with Gasteiger partial charge >= 0.3 is 5.97 Å². The van der Waals surface area contributed by atoms with Gasteiger partial charge < -0.3 is 14.6 Å². The smallest absolute Gasteiger partial charge is 0.323 e. The summed E-state index contributed by atoms with van der Waals surface area (Å²) in [6.45, 7) is -0.244. The van der Waals surface area contributed by atoms with Crippen molar-refractivity contribution in [1.82, 2.24) is 9.55 Å². The first-order valence-electron chi connectivity index (χ1n) is 3.97. The Morgan fingerprint density at radius 1 is 1.71 bits per heavy atom. The first-order chi connectivity index (χ1) is 6.52. The molecule has 0 saturated carbocycles. The fourth-order valence-electron chi connectivity index (χ4n) is 1.02. The molecule has 14 heavy (non-hydrogen) atoms. The maximum Gasteiger partial charge on any atom is 0.323 e. The standard InChI is InChI=1S/C8H11N3O3/c1-10-4-3-9-7(8(10)14)11(2)5-6(12)13/h3-4H,5H2,1-2H3,(H,12,13). The summed E-state index contributed by atoms with van der Waals surface area (Å²) in [5.41, 5.74) is -0.309. The molecular weight excluding hydrogens is 186 g/mol. The van der Waals surface area contributed by atoms with Gasteiger partial charge in [-0.15, -0.1) is 0 Å². The highest BCUT2D eigenvalue weighted by Gasteiger charge is 2.10. The average Bonchev–Trinajstić information content (AvgIpc) is 2.08. The van der Waals surface area contributed by atoms with E-state index in [-0.39, 0.29) is 17.9 Å². The molecule has 0 fully saturated rings. The number of aliphatic carboxylic acids is 1. The fraction of sp³-hybridized carbons (Fsp3) is 0.375. The summed E-state index contributed by atoms with van der Waals surface area (Å²) in [4.78, 5) is 27.0. The Balaban J connectivity index is 3.01. The minimum Gasteiger partial charge on any atom is -0.480 e. The van der Waals surface area contributed by atoms with E-state index in [1.54, 1.807) is 7.05 Å². The number of nitrogens with zero attached hydrogens (tertiary/aromatic N) is 3. The lowest BCUT2D eigenvalue weighted by Gasteiger charge is -2.14. The number of carboxylic acid groups (broad SMARTS) is 1. The molecule has 0 aliphatic rings. The van der Waals surface area contributed by atoms with E-state index in [4.69, 9.17) is 5.11 Å². The summed E-state index contributed by atoms with van der Waals surface area (Å²) in [7, 11) is 3.10. The average molecular weight is 197 g/mol. The van der Waals surface area contributed by atoms with Crippen LogP contribution in [0.1, 0.15) is 0 Å². The third-order valence-electron chi connectivity index (χ3n) is 1.73. The molecule has 1 N–H and O–H groups in total. The Bertz CT molecular complexity index is 399. The lowest BCUT2D eigenvalue weighted by Crippen LogP contribution is -2.33. The van der Waals surface area contributed by atoms with Crippen LogP contribution in [0.5, 0.6) is 0 Å². The van der Waals surface area contributed by atoms with Crippen molar-refractivity contribution in [2.75, 3.05) is 18.5 Å². The lowest BCUT2D eigenvalue weighted by atomic mass is 10.5. The van der Waals surface area contributed by atoms with Crippen LogP contribution in [0.2, 0.25) is 0 Å². The minimum absolute atomic E-state index is 0.136. The molecule has 76 valence electrons. The summed E-state index contributed by atoms with van der Waals surface area (Å²) >= 11 is 0. The van der Waals surface area contributed by atoms with Crippen molar-refractivity contribution in [3.63, 3.8) is 0 Å². The van der Waals surface area contributed by atoms with Gasteiger partial charge in [-0.05, 0) is 0 Å². The predicted octanol–water partition coefficient (Wildman–Crippen LogP) is -0.699. The zero-order chi connectivity index (χ0) is 10.7. The first kappa shape index (κ1) is 10.2. The number of hydrogen-bond acceptors (Lipinski definition) is 4. The molecule has 0 radical (unpaired) electrons. The summed E-state index contributed by atoms with van der Waals surface area (Å²) in [5, 5.41) is 8.53. The van der Waals surface area contributed by atoms with Crippen LogP contribution in [0.25, 0.3) is 0 Å². The summed E-state index contributed by atoms with van der Waals surface area (Å²) in [6.07, 6.45) is 2.97. The largest absolute Gasteiger partial charge is 0.480 e. The SMILES string of the molecule is CN(CC(=O)O)c1nccn(C)c1=O. The molecule has 0 spiro atoms. The lowest BCUT2D eigenvalue weighted by molar-refractivity contribution is -0.135. The quantitative estimate of drug-likeness (QED) is 0.693. The molecule has 0 aliphatic heterocycles. The van der Waals surface area contributed by atoms with Crippen molar-refractivity contribution in [2.24, 2.45) is 7.05 Å². The van der Waals surface area contributed by atoms with Gasteiger partial charge in [0, 0.05) is 26.5 Å². The highest BCUT2D eigenvalue weighted by atomic mass is 16.4. The topological polar surface area (TPSA) is 75.4 Å². The number of aryl methyl sites for hydroxylation is 1. The Labute approximate surface area is 80.4 Å². The molecule has 0 amide bonds. The molecule has 0 atom stereocenters. The Kier molecular flexibility index (Phi) is 2.85. The number of anilines is 1. The van der Waals surface area contributed by atoms with E-state index in [1.807, 2.05) is 0 Å². The van der Waals surface area contributed by atoms with Gasteiger partial charge in [-0.3, -0.25) is 9.59 Å². The molecule has 0 saturated heterocycles. The van der Waals surface area contributed by atoms with Crippen molar-refractivity contribution in [1.29, 1.82) is 0 Å². The Hall–Kier alpha value is -1.85. The van der Waals surface area contributed by atoms with Crippen LogP contribution < -0.4 is 10.5 Å². The second kappa shape index (κ2) is 3.91. The van der Waals surface area contributed by atoms with Crippen molar-refractivity contribution >= 4 is 11.8 Å². The molecular formula is C8H11N3O3. The summed E-state index contributed by atoms with van der Waals surface area (Å²) in [6, 6.07) is 0. The molecule has 0 bridgehead atoms. The van der Waals surface area contributed by atoms with Crippen LogP contribution in [0.15, 0.2) is 17.2 Å². The van der Waals surface area contributed by atoms with Gasteiger partial charge in [-0.1, -0.05) is 0 Å². The number of carboxylic acids is 1. The molecule has 0 aromatic carbocycles. The van der Waals surface area contributed by atoms with E-state index in [9.17, 15) is 9.59 Å². The van der Waals surface area contributed by atoms with Gasteiger partial charge in [0.1, 0.15) is 6.54 Å². The van der Waals surface area contributed by atoms with Crippen molar-refractivity contribution in [3.05, 3.63) is 22.7 Å². The van der Waals surface area contributed by atoms with Gasteiger partial charge in [0.15, 0.2) is 5.82 Å². The van der Waals surface area contributed by atoms with Crippen LogP contribution >= 0.6 is 0 Å². The molecule has 0 unspecified atom stereocenters. The van der Waals surface area contributed by atoms with E-state index < -0.39 is 5.97 Å². The highest BCUT2D eigenvalue weighted by Crippen LogP contribution is 1.98. The molecule has 1 rings (SSSR count). The van der Waals surface area contributed by atoms with Crippen LogP contribution in [0, 0.1) is 0 Å². The van der Waals surface area contributed by atoms with E-state index in [0.717, 1.165) is 0 Å². The highest BCUT2D eigenvalue weighted by molar-refractivity contribution is 5.72. The van der Waals surface area contributed by atoms with Crippen LogP contribution in [-0.2, 0) is 11.8 Å². The van der Waals surface area contributed by atoms with Gasteiger partial charge in [0.2, 0.25) is 0 Å². The van der Waals surface area contributed by atoms with Crippen LogP contribution in [0.4, 0.5) is 5.82 Å². The molecule has 1 aromatic heterocycles. The third kappa shape index (κ3) is 2.09. The van der Waals surface area contributed by atoms with Gasteiger partial charge in [0.25, 0.3) is 5.56 Å². The molecule has 1 aromatic rings. The van der Waals surface area contributed by atoms with Crippen molar-refractivity contribution < 1.29 is 9.90 Å². The van der Waals surface area contributed by atoms with E-state index in [1.165, 1.54) is 28.9 Å². The van der Waals surface area contributed by atoms with Crippen LogP contribution in [-0.4, -0.2) is 34.2 Å². The maximum atomic E-state index is 11.5. The normalized spacial score (nSPS) is 9.86. The fourth-order valence-corrected chi connectivity index (χ4v) is 1.02. The number of aromatic nitrogens is 2. The van der Waals surface area contributed by atoms with Gasteiger partial charge in [-0.2, -0.15) is 0 Å². The third-order valence-corrected chi connectivity index (χ3v) is 1.73. The number of carbonyl (C=O) groups is 1. The van der Waals surface area contributed by atoms with E-state index >= 15 is 0 Å². The van der Waals surface area contributed by atoms with Gasteiger partial charge in [-0.25, -0.2) is 4.98 Å². The van der Waals surface area contributed by atoms with Crippen molar-refractivity contribution in [3.8, 4) is 0 Å². The molecule has 6 nitrogen and oxygen atoms in total. The number of likely N-dealkylation sites (N-methyl/N-ethyl adjacent to an activating group) is 1. The second-order valence-electron chi connectivity index (χ2n) is 2.92. The molecule has 0 aliphatic carbocycles. The van der Waals surface area contributed by atoms with E-state index in [2.05, 4.69) is 4.98 Å². The zero-order valence-electron chi connectivity index (χ0n) is 7.97. The van der Waals surface area contributed by atoms with Crippen LogP contribution in [0.3, 0.4) is 0 Å². The Morgan fingerprint density at radius 2 is 2.36 bits per heavy atom. The molecule has 6 heteroatoms. The monoisotopic (exact) mass is 197 g/mol. The maximum absolute atomic E-state index is 11.5. The number of hydrogen-bond donors (Lipinski definition) is 1. The first-order valence-corrected chi connectivity index (χ1v) is 3.97. The number of rotatable bonds is 3. The summed E-state index contributed by atoms with van der Waals surface area (Å²) in [5.74, 6) is -0.863. The summed E-state index contributed by atoms with van der Waals surface area (Å²) < 4.78 is 1.35. The Morgan fingerprint density at radius 3 is 2.93 bits per heavy atom. The zero-order valence-corrected chi connectivity index (χ0v) is 7.97. The predicted molar refractivity (Wildman–Crippen MR) is 50.4 cm³/mol. The second-order valence-corrected chi connectivity index (χ2v) is 2.92. The van der Waals surface area contributed by atoms with Crippen molar-refractivity contribution in [2.45, 2.75) is 0 Å². The molecule has 1 heterocycles. The van der Waals surface area contributed by atoms with E-state index in [0.29, 0.717) is 0 Å². The minimum atomic E-state index is -1.000.